The van der Waals surface area contributed by atoms with Crippen LogP contribution in [0.25, 0.3) is 0 Å². The highest BCUT2D eigenvalue weighted by molar-refractivity contribution is 5.77. The molecule has 1 heterocycles. The number of carbonyl (C=O) groups is 1. The summed E-state index contributed by atoms with van der Waals surface area (Å²) in [5.74, 6) is -1.22. The van der Waals surface area contributed by atoms with E-state index < -0.39 is 17.7 Å². The van der Waals surface area contributed by atoms with E-state index in [2.05, 4.69) is 10.6 Å². The first kappa shape index (κ1) is 15.9. The monoisotopic (exact) mass is 298 g/mol. The molecule has 0 aliphatic carbocycles. The van der Waals surface area contributed by atoms with Gasteiger partial charge >= 0.3 is 0 Å². The van der Waals surface area contributed by atoms with E-state index in [4.69, 9.17) is 4.74 Å². The van der Waals surface area contributed by atoms with Crippen LogP contribution in [-0.4, -0.2) is 31.7 Å². The highest BCUT2D eigenvalue weighted by atomic mass is 19.1. The lowest BCUT2D eigenvalue weighted by atomic mass is 10.0. The van der Waals surface area contributed by atoms with Crippen molar-refractivity contribution in [2.24, 2.45) is 0 Å². The Morgan fingerprint density at radius 3 is 3.00 bits per heavy atom. The fraction of sp³-hybridized carbons (Fsp3) is 0.533. The molecule has 6 heteroatoms. The molecular formula is C15H20F2N2O2. The standard InChI is InChI=1S/C15H20F2N2O2/c1-2-14(12-7-10(16)3-4-13(12)17)19-15(20)8-11-9-21-6-5-18-11/h3-4,7,11,14,18H,2,5-6,8-9H2,1H3,(H,19,20). The quantitative estimate of drug-likeness (QED) is 0.873. The number of halogens is 2. The molecule has 0 aromatic heterocycles. The maximum absolute atomic E-state index is 13.8. The molecule has 1 saturated heterocycles. The van der Waals surface area contributed by atoms with Crippen molar-refractivity contribution in [2.75, 3.05) is 19.8 Å². The van der Waals surface area contributed by atoms with E-state index in [1.54, 1.807) is 0 Å². The third-order valence-corrected chi connectivity index (χ3v) is 3.51. The molecule has 1 aromatic rings. The molecule has 0 saturated carbocycles. The Morgan fingerprint density at radius 2 is 2.33 bits per heavy atom. The maximum Gasteiger partial charge on any atom is 0.222 e. The van der Waals surface area contributed by atoms with Crippen molar-refractivity contribution in [3.8, 4) is 0 Å². The summed E-state index contributed by atoms with van der Waals surface area (Å²) < 4.78 is 32.3. The van der Waals surface area contributed by atoms with Crippen LogP contribution in [0.1, 0.15) is 31.4 Å². The third-order valence-electron chi connectivity index (χ3n) is 3.51. The lowest BCUT2D eigenvalue weighted by Crippen LogP contribution is -2.44. The van der Waals surface area contributed by atoms with E-state index in [1.807, 2.05) is 6.92 Å². The summed E-state index contributed by atoms with van der Waals surface area (Å²) in [5, 5.41) is 5.94. The largest absolute Gasteiger partial charge is 0.378 e. The summed E-state index contributed by atoms with van der Waals surface area (Å²) in [6.45, 7) is 3.66. The Hall–Kier alpha value is -1.53. The van der Waals surface area contributed by atoms with Crippen LogP contribution in [-0.2, 0) is 9.53 Å². The Bertz CT molecular complexity index is 491. The van der Waals surface area contributed by atoms with E-state index in [0.717, 1.165) is 18.2 Å². The number of morpholine rings is 1. The summed E-state index contributed by atoms with van der Waals surface area (Å²) in [5.41, 5.74) is 0.179. The lowest BCUT2D eigenvalue weighted by Gasteiger charge is -2.25. The molecule has 4 nitrogen and oxygen atoms in total. The highest BCUT2D eigenvalue weighted by Crippen LogP contribution is 2.21. The topological polar surface area (TPSA) is 50.4 Å². The van der Waals surface area contributed by atoms with Crippen molar-refractivity contribution in [3.63, 3.8) is 0 Å². The van der Waals surface area contributed by atoms with Gasteiger partial charge < -0.3 is 15.4 Å². The van der Waals surface area contributed by atoms with Gasteiger partial charge in [0.25, 0.3) is 0 Å². The van der Waals surface area contributed by atoms with E-state index in [-0.39, 0.29) is 23.9 Å². The summed E-state index contributed by atoms with van der Waals surface area (Å²) in [6.07, 6.45) is 0.744. The van der Waals surface area contributed by atoms with Crippen LogP contribution < -0.4 is 10.6 Å². The smallest absolute Gasteiger partial charge is 0.222 e. The predicted molar refractivity (Wildman–Crippen MR) is 74.8 cm³/mol. The normalized spacial score (nSPS) is 20.0. The Morgan fingerprint density at radius 1 is 1.52 bits per heavy atom. The van der Waals surface area contributed by atoms with Gasteiger partial charge in [-0.1, -0.05) is 6.92 Å². The molecule has 2 N–H and O–H groups in total. The molecule has 1 aliphatic heterocycles. The SMILES string of the molecule is CCC(NC(=O)CC1COCCN1)c1cc(F)ccc1F. The van der Waals surface area contributed by atoms with Gasteiger partial charge in [-0.3, -0.25) is 4.79 Å². The van der Waals surface area contributed by atoms with Crippen molar-refractivity contribution in [3.05, 3.63) is 35.4 Å². The highest BCUT2D eigenvalue weighted by Gasteiger charge is 2.21. The number of hydrogen-bond donors (Lipinski definition) is 2. The molecule has 2 unspecified atom stereocenters. The fourth-order valence-corrected chi connectivity index (χ4v) is 2.41. The summed E-state index contributed by atoms with van der Waals surface area (Å²) in [6, 6.07) is 2.71. The molecule has 2 atom stereocenters. The van der Waals surface area contributed by atoms with Crippen molar-refractivity contribution < 1.29 is 18.3 Å². The average Bonchev–Trinajstić information content (AvgIpc) is 2.48. The van der Waals surface area contributed by atoms with Crippen molar-refractivity contribution in [1.82, 2.24) is 10.6 Å². The van der Waals surface area contributed by atoms with Crippen LogP contribution in [0, 0.1) is 11.6 Å². The van der Waals surface area contributed by atoms with E-state index in [0.29, 0.717) is 26.2 Å². The van der Waals surface area contributed by atoms with Crippen LogP contribution in [0.2, 0.25) is 0 Å². The van der Waals surface area contributed by atoms with Crippen LogP contribution in [0.15, 0.2) is 18.2 Å². The Labute approximate surface area is 122 Å². The van der Waals surface area contributed by atoms with Gasteiger partial charge in [0.2, 0.25) is 5.91 Å². The van der Waals surface area contributed by atoms with Gasteiger partial charge in [-0.15, -0.1) is 0 Å². The molecule has 0 radical (unpaired) electrons. The third kappa shape index (κ3) is 4.47. The van der Waals surface area contributed by atoms with Crippen LogP contribution in [0.5, 0.6) is 0 Å². The van der Waals surface area contributed by atoms with Gasteiger partial charge in [-0.05, 0) is 24.6 Å². The molecule has 1 aromatic carbocycles. The molecule has 0 bridgehead atoms. The lowest BCUT2D eigenvalue weighted by molar-refractivity contribution is -0.123. The van der Waals surface area contributed by atoms with Crippen molar-refractivity contribution >= 4 is 5.91 Å². The number of ether oxygens (including phenoxy) is 1. The van der Waals surface area contributed by atoms with Gasteiger partial charge in [0, 0.05) is 24.6 Å². The van der Waals surface area contributed by atoms with Gasteiger partial charge in [-0.25, -0.2) is 8.78 Å². The summed E-state index contributed by atoms with van der Waals surface area (Å²) >= 11 is 0. The molecule has 21 heavy (non-hydrogen) atoms. The molecule has 116 valence electrons. The average molecular weight is 298 g/mol. The van der Waals surface area contributed by atoms with Crippen LogP contribution >= 0.6 is 0 Å². The number of rotatable bonds is 5. The number of nitrogens with one attached hydrogen (secondary N) is 2. The van der Waals surface area contributed by atoms with E-state index in [9.17, 15) is 13.6 Å². The Kier molecular flexibility index (Phi) is 5.64. The van der Waals surface area contributed by atoms with Gasteiger partial charge in [0.1, 0.15) is 11.6 Å². The van der Waals surface area contributed by atoms with Crippen LogP contribution in [0.3, 0.4) is 0 Å². The second-order valence-electron chi connectivity index (χ2n) is 5.12. The van der Waals surface area contributed by atoms with Crippen molar-refractivity contribution in [2.45, 2.75) is 31.8 Å². The molecule has 1 amide bonds. The zero-order chi connectivity index (χ0) is 15.2. The fourth-order valence-electron chi connectivity index (χ4n) is 2.41. The first-order valence-electron chi connectivity index (χ1n) is 7.15. The summed E-state index contributed by atoms with van der Waals surface area (Å²) in [7, 11) is 0. The minimum absolute atomic E-state index is 0.0337. The first-order chi connectivity index (χ1) is 10.1. The maximum atomic E-state index is 13.8. The molecule has 1 aliphatic rings. The number of amides is 1. The summed E-state index contributed by atoms with van der Waals surface area (Å²) in [4.78, 5) is 12.0. The minimum Gasteiger partial charge on any atom is -0.378 e. The minimum atomic E-state index is -0.530. The van der Waals surface area contributed by atoms with Crippen LogP contribution in [0.4, 0.5) is 8.78 Å². The second kappa shape index (κ2) is 7.47. The van der Waals surface area contributed by atoms with Gasteiger partial charge in [-0.2, -0.15) is 0 Å². The van der Waals surface area contributed by atoms with E-state index >= 15 is 0 Å². The predicted octanol–water partition coefficient (Wildman–Crippen LogP) is 1.91. The molecule has 2 rings (SSSR count). The molecular weight excluding hydrogens is 278 g/mol. The molecule has 0 spiro atoms. The number of carbonyl (C=O) groups excluding carboxylic acids is 1. The van der Waals surface area contributed by atoms with Gasteiger partial charge in [0.15, 0.2) is 0 Å². The number of hydrogen-bond acceptors (Lipinski definition) is 3. The second-order valence-corrected chi connectivity index (χ2v) is 5.12. The Balaban J connectivity index is 1.97. The van der Waals surface area contributed by atoms with Gasteiger partial charge in [0.05, 0.1) is 19.3 Å². The van der Waals surface area contributed by atoms with Crippen molar-refractivity contribution in [1.29, 1.82) is 0 Å². The molecule has 1 fully saturated rings. The van der Waals surface area contributed by atoms with E-state index in [1.165, 1.54) is 0 Å². The zero-order valence-electron chi connectivity index (χ0n) is 12.0. The zero-order valence-corrected chi connectivity index (χ0v) is 12.0. The first-order valence-corrected chi connectivity index (χ1v) is 7.15. The number of benzene rings is 1.